The van der Waals surface area contributed by atoms with E-state index in [9.17, 15) is 69.4 Å². The van der Waals surface area contributed by atoms with Crippen LogP contribution in [-0.2, 0) is 38.6 Å². The molecule has 1 unspecified atom stereocenters. The van der Waals surface area contributed by atoms with Crippen LogP contribution in [-0.4, -0.2) is 200 Å². The molecule has 248 valence electrons. The van der Waals surface area contributed by atoms with E-state index in [-0.39, 0.29) is 6.29 Å². The van der Waals surface area contributed by atoms with Crippen LogP contribution in [0.4, 0.5) is 0 Å². The van der Waals surface area contributed by atoms with Gasteiger partial charge in [-0.25, -0.2) is 0 Å². The topological polar surface area (TPSA) is 340 Å². The molecule has 42 heavy (non-hydrogen) atoms. The summed E-state index contributed by atoms with van der Waals surface area (Å²) in [5.41, 5.74) is 0. The molecule has 2 aliphatic heterocycles. The molecule has 0 aromatic carbocycles. The predicted molar refractivity (Wildman–Crippen MR) is 129 cm³/mol. The van der Waals surface area contributed by atoms with E-state index in [0.717, 1.165) is 0 Å². The number of hydrogen-bond acceptors (Lipinski definition) is 19. The zero-order chi connectivity index (χ0) is 31.9. The third kappa shape index (κ3) is 9.98. The summed E-state index contributed by atoms with van der Waals surface area (Å²) in [5.74, 6) is -1.16. The van der Waals surface area contributed by atoms with Crippen molar-refractivity contribution < 1.29 is 97.6 Å². The van der Waals surface area contributed by atoms with Crippen LogP contribution in [0.2, 0.25) is 0 Å². The van der Waals surface area contributed by atoms with Gasteiger partial charge in [-0.3, -0.25) is 4.55 Å². The van der Waals surface area contributed by atoms with Gasteiger partial charge >= 0.3 is 0 Å². The molecule has 2 heterocycles. The van der Waals surface area contributed by atoms with Gasteiger partial charge in [0.15, 0.2) is 18.9 Å². The molecule has 21 heteroatoms. The largest absolute Gasteiger partial charge is 0.394 e. The summed E-state index contributed by atoms with van der Waals surface area (Å²) >= 11 is 0. The fourth-order valence-corrected chi connectivity index (χ4v) is 4.65. The standard InChI is InChI=1S/C21H38O20S/c22-1-8(25)12(27)13(28)9(26)4-38-21-19(37-3-7(24)6-42(34,35)36)17(32)15(30)11(41-21)5-39-20-18(33)16(31)14(29)10(2-23)40-20/h1,7-21,23-33H,2-6H2,(H,34,35,36)/t7?,8-,9+,10+,11+,12+,13+,14+,15+,16-,17-,18+,19+,20-,21-/m0/s1. The maximum Gasteiger partial charge on any atom is 0.267 e. The van der Waals surface area contributed by atoms with Crippen molar-refractivity contribution in [1.82, 2.24) is 0 Å². The van der Waals surface area contributed by atoms with E-state index in [1.165, 1.54) is 0 Å². The Balaban J connectivity index is 2.15. The highest BCUT2D eigenvalue weighted by Crippen LogP contribution is 2.28. The first-order valence-corrected chi connectivity index (χ1v) is 14.1. The smallest absolute Gasteiger partial charge is 0.267 e. The highest BCUT2D eigenvalue weighted by molar-refractivity contribution is 7.85. The van der Waals surface area contributed by atoms with Crippen molar-refractivity contribution in [2.45, 2.75) is 91.9 Å². The Bertz CT molecular complexity index is 922. The van der Waals surface area contributed by atoms with Crippen molar-refractivity contribution in [1.29, 1.82) is 0 Å². The SMILES string of the molecule is O=C[C@H](O)[C@@H](O)[C@H](O)[C@H](O)CO[C@H]1O[C@H](CO[C@H]2O[C@H](CO)[C@@H](O)[C@H](O)[C@H]2O)[C@@H](O)[C@H](O)[C@H]1OCC(O)CS(=O)(=O)O. The first kappa shape index (κ1) is 37.1. The molecular formula is C21H38O20S. The molecular weight excluding hydrogens is 604 g/mol. The Morgan fingerprint density at radius 2 is 1.33 bits per heavy atom. The van der Waals surface area contributed by atoms with Crippen LogP contribution in [0.25, 0.3) is 0 Å². The lowest BCUT2D eigenvalue weighted by Crippen LogP contribution is -2.62. The number of carbonyl (C=O) groups is 1. The molecule has 20 nitrogen and oxygen atoms in total. The number of carbonyl (C=O) groups excluding carboxylic acids is 1. The fraction of sp³-hybridized carbons (Fsp3) is 0.952. The number of rotatable bonds is 16. The summed E-state index contributed by atoms with van der Waals surface area (Å²) in [4.78, 5) is 10.6. The van der Waals surface area contributed by atoms with Gasteiger partial charge in [0.25, 0.3) is 10.1 Å². The quantitative estimate of drug-likeness (QED) is 0.0549. The second-order valence-electron chi connectivity index (χ2n) is 9.76. The molecule has 0 aromatic rings. The second kappa shape index (κ2) is 16.3. The van der Waals surface area contributed by atoms with Gasteiger partial charge in [-0.15, -0.1) is 0 Å². The van der Waals surface area contributed by atoms with E-state index in [0.29, 0.717) is 0 Å². The summed E-state index contributed by atoms with van der Waals surface area (Å²) in [7, 11) is -4.64. The molecule has 0 aliphatic carbocycles. The van der Waals surface area contributed by atoms with Crippen LogP contribution in [0.1, 0.15) is 0 Å². The van der Waals surface area contributed by atoms with Crippen LogP contribution in [0, 0.1) is 0 Å². The van der Waals surface area contributed by atoms with Crippen LogP contribution < -0.4 is 0 Å². The summed E-state index contributed by atoms with van der Waals surface area (Å²) in [6.07, 6.45) is -27.5. The van der Waals surface area contributed by atoms with Gasteiger partial charge in [0.2, 0.25) is 0 Å². The van der Waals surface area contributed by atoms with Crippen molar-refractivity contribution in [2.24, 2.45) is 0 Å². The minimum Gasteiger partial charge on any atom is -0.394 e. The van der Waals surface area contributed by atoms with E-state index >= 15 is 0 Å². The van der Waals surface area contributed by atoms with E-state index < -0.39 is 134 Å². The summed E-state index contributed by atoms with van der Waals surface area (Å²) < 4.78 is 57.4. The second-order valence-corrected chi connectivity index (χ2v) is 11.3. The minimum atomic E-state index is -4.64. The molecule has 0 amide bonds. The van der Waals surface area contributed by atoms with E-state index in [4.69, 9.17) is 28.2 Å². The lowest BCUT2D eigenvalue weighted by Gasteiger charge is -2.44. The monoisotopic (exact) mass is 642 g/mol. The van der Waals surface area contributed by atoms with Crippen molar-refractivity contribution in [3.8, 4) is 0 Å². The molecule has 2 saturated heterocycles. The van der Waals surface area contributed by atoms with Crippen LogP contribution in [0.15, 0.2) is 0 Å². The lowest BCUT2D eigenvalue weighted by molar-refractivity contribution is -0.338. The van der Waals surface area contributed by atoms with Crippen LogP contribution >= 0.6 is 0 Å². The highest BCUT2D eigenvalue weighted by Gasteiger charge is 2.49. The third-order valence-electron chi connectivity index (χ3n) is 6.47. The molecule has 2 fully saturated rings. The number of ether oxygens (including phenoxy) is 5. The zero-order valence-corrected chi connectivity index (χ0v) is 22.6. The molecule has 12 N–H and O–H groups in total. The molecule has 2 rings (SSSR count). The number of hydrogen-bond donors (Lipinski definition) is 12. The molecule has 0 aromatic heterocycles. The van der Waals surface area contributed by atoms with Gasteiger partial charge in [0.1, 0.15) is 79.0 Å². The van der Waals surface area contributed by atoms with Gasteiger partial charge in [0, 0.05) is 0 Å². The van der Waals surface area contributed by atoms with Crippen molar-refractivity contribution >= 4 is 16.4 Å². The zero-order valence-electron chi connectivity index (χ0n) is 21.8. The van der Waals surface area contributed by atoms with Crippen LogP contribution in [0.5, 0.6) is 0 Å². The Morgan fingerprint density at radius 1 is 0.738 bits per heavy atom. The number of aliphatic hydroxyl groups is 11. The molecule has 0 bridgehead atoms. The normalized spacial score (nSPS) is 37.9. The van der Waals surface area contributed by atoms with Gasteiger partial charge in [-0.05, 0) is 0 Å². The van der Waals surface area contributed by atoms with E-state index in [2.05, 4.69) is 0 Å². The van der Waals surface area contributed by atoms with E-state index in [1.807, 2.05) is 0 Å². The molecule has 0 saturated carbocycles. The van der Waals surface area contributed by atoms with E-state index in [1.54, 1.807) is 0 Å². The average molecular weight is 643 g/mol. The molecule has 15 atom stereocenters. The van der Waals surface area contributed by atoms with Gasteiger partial charge < -0.3 is 84.7 Å². The average Bonchev–Trinajstić information content (AvgIpc) is 2.93. The first-order chi connectivity index (χ1) is 19.5. The molecule has 2 aliphatic rings. The molecule has 0 spiro atoms. The Labute approximate surface area is 238 Å². The van der Waals surface area contributed by atoms with Crippen molar-refractivity contribution in [3.63, 3.8) is 0 Å². The van der Waals surface area contributed by atoms with Gasteiger partial charge in [-0.1, -0.05) is 0 Å². The predicted octanol–water partition coefficient (Wildman–Crippen LogP) is -8.46. The summed E-state index contributed by atoms with van der Waals surface area (Å²) in [6, 6.07) is 0. The lowest BCUT2D eigenvalue weighted by atomic mass is 9.98. The Hall–Kier alpha value is -1.06. The Kier molecular flexibility index (Phi) is 14.4. The third-order valence-corrected chi connectivity index (χ3v) is 7.27. The summed E-state index contributed by atoms with van der Waals surface area (Å²) in [6.45, 7) is -3.27. The maximum atomic E-state index is 11.0. The minimum absolute atomic E-state index is 0.106. The Morgan fingerprint density at radius 3 is 1.90 bits per heavy atom. The van der Waals surface area contributed by atoms with Crippen LogP contribution in [0.3, 0.4) is 0 Å². The van der Waals surface area contributed by atoms with Gasteiger partial charge in [-0.2, -0.15) is 8.42 Å². The van der Waals surface area contributed by atoms with Gasteiger partial charge in [0.05, 0.1) is 32.5 Å². The highest BCUT2D eigenvalue weighted by atomic mass is 32.2. The maximum absolute atomic E-state index is 11.0. The van der Waals surface area contributed by atoms with Crippen molar-refractivity contribution in [2.75, 3.05) is 32.2 Å². The summed E-state index contributed by atoms with van der Waals surface area (Å²) in [5, 5.41) is 109. The molecule has 0 radical (unpaired) electrons. The number of aldehydes is 1. The fourth-order valence-electron chi connectivity index (χ4n) is 4.06. The first-order valence-electron chi connectivity index (χ1n) is 12.5. The number of aliphatic hydroxyl groups excluding tert-OH is 11. The van der Waals surface area contributed by atoms with Crippen molar-refractivity contribution in [3.05, 3.63) is 0 Å².